The zero-order valence-corrected chi connectivity index (χ0v) is 14.0. The lowest BCUT2D eigenvalue weighted by Gasteiger charge is -2.27. The summed E-state index contributed by atoms with van der Waals surface area (Å²) >= 11 is 0. The predicted octanol–water partition coefficient (Wildman–Crippen LogP) is 2.61. The molecule has 1 amide bonds. The molecule has 1 fully saturated rings. The van der Waals surface area contributed by atoms with Crippen molar-refractivity contribution < 1.29 is 22.4 Å². The van der Waals surface area contributed by atoms with Crippen LogP contribution in [-0.2, 0) is 11.0 Å². The summed E-state index contributed by atoms with van der Waals surface area (Å²) in [6.45, 7) is 3.38. The second-order valence-corrected chi connectivity index (χ2v) is 6.25. The Morgan fingerprint density at radius 2 is 2.04 bits per heavy atom. The Bertz CT molecular complexity index is 819. The predicted molar refractivity (Wildman–Crippen MR) is 83.4 cm³/mol. The molecule has 26 heavy (non-hydrogen) atoms. The summed E-state index contributed by atoms with van der Waals surface area (Å²) in [7, 11) is 0. The van der Waals surface area contributed by atoms with E-state index in [0.29, 0.717) is 11.9 Å². The van der Waals surface area contributed by atoms with Gasteiger partial charge in [0, 0.05) is 12.3 Å². The Labute approximate surface area is 146 Å². The molecule has 0 aliphatic carbocycles. The third-order valence-corrected chi connectivity index (χ3v) is 4.25. The van der Waals surface area contributed by atoms with E-state index >= 15 is 0 Å². The van der Waals surface area contributed by atoms with Crippen LogP contribution in [0.2, 0.25) is 0 Å². The van der Waals surface area contributed by atoms with E-state index in [2.05, 4.69) is 25.8 Å². The minimum atomic E-state index is -4.61. The van der Waals surface area contributed by atoms with Crippen LogP contribution in [0.4, 0.5) is 17.6 Å². The van der Waals surface area contributed by atoms with Gasteiger partial charge in [0.15, 0.2) is 5.82 Å². The smallest absolute Gasteiger partial charge is 0.341 e. The van der Waals surface area contributed by atoms with Gasteiger partial charge in [0.2, 0.25) is 5.91 Å². The first kappa shape index (κ1) is 18.3. The molecule has 0 saturated carbocycles. The number of hydrogen-bond donors (Lipinski definition) is 3. The first-order chi connectivity index (χ1) is 12.1. The summed E-state index contributed by atoms with van der Waals surface area (Å²) in [6, 6.07) is 2.02. The molecule has 3 rings (SSSR count). The van der Waals surface area contributed by atoms with E-state index in [-0.39, 0.29) is 35.9 Å². The number of alkyl halides is 3. The van der Waals surface area contributed by atoms with Crippen molar-refractivity contribution in [2.45, 2.75) is 44.6 Å². The number of aromatic nitrogens is 3. The number of amides is 1. The zero-order chi connectivity index (χ0) is 19.1. The Morgan fingerprint density at radius 3 is 2.65 bits per heavy atom. The second kappa shape index (κ2) is 6.67. The number of halogens is 4. The number of aromatic amines is 1. The van der Waals surface area contributed by atoms with Crippen LogP contribution in [0.1, 0.15) is 55.0 Å². The van der Waals surface area contributed by atoms with Crippen LogP contribution in [0.5, 0.6) is 0 Å². The Balaban J connectivity index is 1.82. The lowest BCUT2D eigenvalue weighted by molar-refractivity contribution is -0.137. The number of benzene rings is 1. The highest BCUT2D eigenvalue weighted by molar-refractivity contribution is 5.77. The van der Waals surface area contributed by atoms with Crippen LogP contribution in [-0.4, -0.2) is 27.3 Å². The molecule has 1 saturated heterocycles. The van der Waals surface area contributed by atoms with E-state index in [4.69, 9.17) is 0 Å². The highest BCUT2D eigenvalue weighted by Crippen LogP contribution is 2.33. The van der Waals surface area contributed by atoms with E-state index in [1.807, 2.05) is 0 Å². The molecule has 2 aromatic rings. The maximum absolute atomic E-state index is 14.1. The molecule has 10 heteroatoms. The first-order valence-electron chi connectivity index (χ1n) is 7.99. The minimum absolute atomic E-state index is 0.0614. The number of nitrogens with zero attached hydrogens (tertiary/aromatic N) is 2. The van der Waals surface area contributed by atoms with Crippen molar-refractivity contribution in [3.63, 3.8) is 0 Å². The van der Waals surface area contributed by atoms with E-state index in [1.165, 1.54) is 0 Å². The summed E-state index contributed by atoms with van der Waals surface area (Å²) in [4.78, 5) is 15.9. The molecule has 3 atom stereocenters. The van der Waals surface area contributed by atoms with Crippen LogP contribution >= 0.6 is 0 Å². The molecule has 6 nitrogen and oxygen atoms in total. The Hall–Kier alpha value is -2.49. The summed E-state index contributed by atoms with van der Waals surface area (Å²) < 4.78 is 52.1. The Morgan fingerprint density at radius 1 is 1.31 bits per heavy atom. The lowest BCUT2D eigenvalue weighted by Crippen LogP contribution is -2.51. The minimum Gasteiger partial charge on any atom is -0.341 e. The van der Waals surface area contributed by atoms with Gasteiger partial charge in [-0.2, -0.15) is 18.3 Å². The quantitative estimate of drug-likeness (QED) is 0.725. The fraction of sp³-hybridized carbons (Fsp3) is 0.438. The largest absolute Gasteiger partial charge is 0.416 e. The van der Waals surface area contributed by atoms with E-state index in [1.54, 1.807) is 13.8 Å². The topological polar surface area (TPSA) is 82.7 Å². The van der Waals surface area contributed by atoms with Crippen molar-refractivity contribution >= 4 is 5.91 Å². The molecule has 0 spiro atoms. The van der Waals surface area contributed by atoms with Crippen molar-refractivity contribution in [2.75, 3.05) is 0 Å². The fourth-order valence-corrected chi connectivity index (χ4v) is 2.89. The standard InChI is InChI=1S/C16H17F4N5O/c1-7(10-4-3-9(5-11(10)17)16(18,19)20)14-23-15(25-24-14)12-6-13(26)22-8(2)21-12/h3-5,7-8,12,21H,6H2,1-2H3,(H,22,26)(H,23,24,25). The molecular formula is C16H17F4N5O. The van der Waals surface area contributed by atoms with Gasteiger partial charge >= 0.3 is 6.18 Å². The highest BCUT2D eigenvalue weighted by atomic mass is 19.4. The van der Waals surface area contributed by atoms with Crippen molar-refractivity contribution in [3.05, 3.63) is 46.8 Å². The molecule has 0 radical (unpaired) electrons. The van der Waals surface area contributed by atoms with Crippen LogP contribution in [0.25, 0.3) is 0 Å². The summed E-state index contributed by atoms with van der Waals surface area (Å²) in [5.41, 5.74) is -0.987. The third-order valence-electron chi connectivity index (χ3n) is 4.25. The molecule has 3 unspecified atom stereocenters. The van der Waals surface area contributed by atoms with Crippen molar-refractivity contribution in [3.8, 4) is 0 Å². The normalized spacial score (nSPS) is 22.2. The maximum atomic E-state index is 14.1. The SMILES string of the molecule is CC1NC(=O)CC(c2nc(C(C)c3ccc(C(F)(F)F)cc3F)n[nH]2)N1. The van der Waals surface area contributed by atoms with Gasteiger partial charge in [-0.1, -0.05) is 13.0 Å². The molecule has 1 aliphatic rings. The van der Waals surface area contributed by atoms with Gasteiger partial charge in [0.25, 0.3) is 0 Å². The molecule has 1 aliphatic heterocycles. The molecule has 3 N–H and O–H groups in total. The van der Waals surface area contributed by atoms with E-state index in [9.17, 15) is 22.4 Å². The van der Waals surface area contributed by atoms with Gasteiger partial charge in [-0.05, 0) is 24.6 Å². The number of hydrogen-bond acceptors (Lipinski definition) is 4. The molecule has 0 bridgehead atoms. The van der Waals surface area contributed by atoms with Gasteiger partial charge in [0.05, 0.1) is 17.8 Å². The van der Waals surface area contributed by atoms with E-state index in [0.717, 1.165) is 12.1 Å². The van der Waals surface area contributed by atoms with Gasteiger partial charge in [0.1, 0.15) is 11.6 Å². The van der Waals surface area contributed by atoms with Crippen LogP contribution in [0.15, 0.2) is 18.2 Å². The summed E-state index contributed by atoms with van der Waals surface area (Å²) in [5.74, 6) is -1.11. The first-order valence-corrected chi connectivity index (χ1v) is 7.99. The summed E-state index contributed by atoms with van der Waals surface area (Å²) in [5, 5.41) is 12.6. The highest BCUT2D eigenvalue weighted by Gasteiger charge is 2.32. The molecule has 140 valence electrons. The van der Waals surface area contributed by atoms with Crippen molar-refractivity contribution in [1.82, 2.24) is 25.8 Å². The van der Waals surface area contributed by atoms with Crippen LogP contribution < -0.4 is 10.6 Å². The van der Waals surface area contributed by atoms with Crippen molar-refractivity contribution in [1.29, 1.82) is 0 Å². The molecular weight excluding hydrogens is 354 g/mol. The number of nitrogens with one attached hydrogen (secondary N) is 3. The maximum Gasteiger partial charge on any atom is 0.416 e. The number of carbonyl (C=O) groups is 1. The molecule has 1 aromatic heterocycles. The van der Waals surface area contributed by atoms with Crippen LogP contribution in [0, 0.1) is 5.82 Å². The number of carbonyl (C=O) groups excluding carboxylic acids is 1. The fourth-order valence-electron chi connectivity index (χ4n) is 2.89. The second-order valence-electron chi connectivity index (χ2n) is 6.25. The average Bonchev–Trinajstić information content (AvgIpc) is 3.02. The van der Waals surface area contributed by atoms with Gasteiger partial charge in [-0.15, -0.1) is 0 Å². The third kappa shape index (κ3) is 3.69. The van der Waals surface area contributed by atoms with Gasteiger partial charge in [-0.3, -0.25) is 15.2 Å². The van der Waals surface area contributed by atoms with E-state index < -0.39 is 23.5 Å². The van der Waals surface area contributed by atoms with Gasteiger partial charge < -0.3 is 5.32 Å². The van der Waals surface area contributed by atoms with Crippen LogP contribution in [0.3, 0.4) is 0 Å². The monoisotopic (exact) mass is 371 g/mol. The van der Waals surface area contributed by atoms with Crippen molar-refractivity contribution in [2.24, 2.45) is 0 Å². The van der Waals surface area contributed by atoms with Gasteiger partial charge in [-0.25, -0.2) is 9.37 Å². The molecule has 1 aromatic carbocycles. The number of rotatable bonds is 3. The summed E-state index contributed by atoms with van der Waals surface area (Å²) in [6.07, 6.45) is -4.67. The molecule has 2 heterocycles. The number of H-pyrrole nitrogens is 1. The lowest BCUT2D eigenvalue weighted by atomic mass is 9.98. The zero-order valence-electron chi connectivity index (χ0n) is 14.0. The average molecular weight is 371 g/mol. The Kier molecular flexibility index (Phi) is 4.70.